The summed E-state index contributed by atoms with van der Waals surface area (Å²) in [5.74, 6) is -1.11. The minimum absolute atomic E-state index is 0.159. The third-order valence-corrected chi connectivity index (χ3v) is 2.92. The Balaban J connectivity index is 2.31. The fraction of sp³-hybridized carbons (Fsp3) is 0.467. The average molecular weight is 278 g/mol. The molecule has 0 bridgehead atoms. The molecule has 0 aliphatic rings. The van der Waals surface area contributed by atoms with E-state index < -0.39 is 11.8 Å². The predicted octanol–water partition coefficient (Wildman–Crippen LogP) is 0.924. The van der Waals surface area contributed by atoms with Crippen LogP contribution in [0.25, 0.3) is 0 Å². The zero-order valence-electron chi connectivity index (χ0n) is 11.8. The molecule has 2 amide bonds. The number of likely N-dealkylation sites (N-methyl/N-ethyl adjacent to an activating group) is 1. The highest BCUT2D eigenvalue weighted by Crippen LogP contribution is 2.02. The minimum atomic E-state index is -0.576. The molecule has 0 aliphatic carbocycles. The van der Waals surface area contributed by atoms with Gasteiger partial charge in [-0.05, 0) is 24.8 Å². The number of hydrogen-bond donors (Lipinski definition) is 2. The number of hydrogen-bond acceptors (Lipinski definition) is 3. The Kier molecular flexibility index (Phi) is 7.35. The number of unbranched alkanes of at least 4 members (excludes halogenated alkanes) is 2. The molecule has 0 spiro atoms. The Bertz CT molecular complexity index is 420. The van der Waals surface area contributed by atoms with Gasteiger partial charge in [-0.15, -0.1) is 0 Å². The summed E-state index contributed by atoms with van der Waals surface area (Å²) in [4.78, 5) is 24.9. The molecule has 0 unspecified atom stereocenters. The molecule has 110 valence electrons. The van der Waals surface area contributed by atoms with Crippen molar-refractivity contribution in [3.63, 3.8) is 0 Å². The van der Waals surface area contributed by atoms with Gasteiger partial charge < -0.3 is 15.3 Å². The molecular formula is C15H22N2O3. The second kappa shape index (κ2) is 9.09. The van der Waals surface area contributed by atoms with Crippen molar-refractivity contribution < 1.29 is 14.7 Å². The molecular weight excluding hydrogens is 256 g/mol. The van der Waals surface area contributed by atoms with E-state index in [0.717, 1.165) is 24.8 Å². The summed E-state index contributed by atoms with van der Waals surface area (Å²) < 4.78 is 0. The van der Waals surface area contributed by atoms with E-state index >= 15 is 0 Å². The van der Waals surface area contributed by atoms with Crippen LogP contribution >= 0.6 is 0 Å². The van der Waals surface area contributed by atoms with Crippen LogP contribution in [0.5, 0.6) is 0 Å². The van der Waals surface area contributed by atoms with Gasteiger partial charge in [-0.25, -0.2) is 0 Å². The van der Waals surface area contributed by atoms with E-state index in [4.69, 9.17) is 5.11 Å². The smallest absolute Gasteiger partial charge is 0.311 e. The number of aliphatic hydroxyl groups is 1. The molecule has 0 aliphatic heterocycles. The Morgan fingerprint density at radius 1 is 1.15 bits per heavy atom. The lowest BCUT2D eigenvalue weighted by atomic mass is 10.2. The number of carbonyl (C=O) groups is 2. The predicted molar refractivity (Wildman–Crippen MR) is 76.9 cm³/mol. The van der Waals surface area contributed by atoms with Crippen LogP contribution < -0.4 is 5.32 Å². The highest BCUT2D eigenvalue weighted by atomic mass is 16.3. The second-order valence-corrected chi connectivity index (χ2v) is 4.69. The molecule has 5 nitrogen and oxygen atoms in total. The third kappa shape index (κ3) is 5.84. The van der Waals surface area contributed by atoms with E-state index in [1.54, 1.807) is 7.05 Å². The number of rotatable bonds is 7. The molecule has 1 aromatic carbocycles. The van der Waals surface area contributed by atoms with Crippen LogP contribution in [0, 0.1) is 0 Å². The number of benzene rings is 1. The van der Waals surface area contributed by atoms with Crippen molar-refractivity contribution in [2.45, 2.75) is 25.8 Å². The van der Waals surface area contributed by atoms with Gasteiger partial charge in [0.25, 0.3) is 0 Å². The highest BCUT2D eigenvalue weighted by molar-refractivity contribution is 6.34. The van der Waals surface area contributed by atoms with Crippen LogP contribution in [0.2, 0.25) is 0 Å². The quantitative estimate of drug-likeness (QED) is 0.575. The van der Waals surface area contributed by atoms with Gasteiger partial charge in [0.15, 0.2) is 0 Å². The normalized spacial score (nSPS) is 10.1. The van der Waals surface area contributed by atoms with Gasteiger partial charge in [-0.1, -0.05) is 30.3 Å². The van der Waals surface area contributed by atoms with E-state index in [9.17, 15) is 9.59 Å². The van der Waals surface area contributed by atoms with Crippen molar-refractivity contribution >= 4 is 11.8 Å². The fourth-order valence-electron chi connectivity index (χ4n) is 1.79. The second-order valence-electron chi connectivity index (χ2n) is 4.69. The van der Waals surface area contributed by atoms with Crippen molar-refractivity contribution in [3.05, 3.63) is 35.9 Å². The van der Waals surface area contributed by atoms with Crippen LogP contribution in [0.4, 0.5) is 0 Å². The summed E-state index contributed by atoms with van der Waals surface area (Å²) in [6, 6.07) is 9.53. The zero-order chi connectivity index (χ0) is 14.8. The first kappa shape index (κ1) is 16.2. The van der Waals surface area contributed by atoms with Gasteiger partial charge in [0.1, 0.15) is 0 Å². The minimum Gasteiger partial charge on any atom is -0.396 e. The summed E-state index contributed by atoms with van der Waals surface area (Å²) in [5, 5.41) is 11.2. The lowest BCUT2D eigenvalue weighted by Gasteiger charge is -2.16. The van der Waals surface area contributed by atoms with Gasteiger partial charge in [0.05, 0.1) is 0 Å². The first-order valence-electron chi connectivity index (χ1n) is 6.83. The summed E-state index contributed by atoms with van der Waals surface area (Å²) in [7, 11) is 1.61. The molecule has 5 heteroatoms. The molecule has 2 N–H and O–H groups in total. The lowest BCUT2D eigenvalue weighted by molar-refractivity contribution is -0.145. The topological polar surface area (TPSA) is 69.6 Å². The van der Waals surface area contributed by atoms with Crippen molar-refractivity contribution in [1.82, 2.24) is 10.2 Å². The Morgan fingerprint density at radius 2 is 1.85 bits per heavy atom. The molecule has 20 heavy (non-hydrogen) atoms. The van der Waals surface area contributed by atoms with Crippen LogP contribution in [-0.4, -0.2) is 42.0 Å². The molecule has 0 aromatic heterocycles. The van der Waals surface area contributed by atoms with E-state index in [-0.39, 0.29) is 6.61 Å². The molecule has 0 saturated carbocycles. The van der Waals surface area contributed by atoms with Crippen molar-refractivity contribution in [1.29, 1.82) is 0 Å². The average Bonchev–Trinajstić information content (AvgIpc) is 2.47. The van der Waals surface area contributed by atoms with Crippen LogP contribution in [0.1, 0.15) is 24.8 Å². The molecule has 0 fully saturated rings. The molecule has 1 aromatic rings. The van der Waals surface area contributed by atoms with Crippen molar-refractivity contribution in [2.75, 3.05) is 20.2 Å². The number of aliphatic hydroxyl groups excluding tert-OH is 1. The van der Waals surface area contributed by atoms with Gasteiger partial charge >= 0.3 is 11.8 Å². The Morgan fingerprint density at radius 3 is 2.50 bits per heavy atom. The SMILES string of the molecule is CN(Cc1ccccc1)C(=O)C(=O)NCCCCCO. The first-order valence-corrected chi connectivity index (χ1v) is 6.83. The standard InChI is InChI=1S/C15H22N2O3/c1-17(12-13-8-4-2-5-9-13)15(20)14(19)16-10-6-3-7-11-18/h2,4-5,8-9,18H,3,6-7,10-12H2,1H3,(H,16,19). The number of amides is 2. The van der Waals surface area contributed by atoms with E-state index in [0.29, 0.717) is 13.1 Å². The molecule has 0 atom stereocenters. The first-order chi connectivity index (χ1) is 9.65. The summed E-state index contributed by atoms with van der Waals surface area (Å²) in [6.07, 6.45) is 2.32. The maximum atomic E-state index is 11.8. The lowest BCUT2D eigenvalue weighted by Crippen LogP contribution is -2.41. The third-order valence-electron chi connectivity index (χ3n) is 2.92. The van der Waals surface area contributed by atoms with E-state index in [1.165, 1.54) is 4.90 Å². The molecule has 0 radical (unpaired) electrons. The van der Waals surface area contributed by atoms with Gasteiger partial charge in [0, 0.05) is 26.7 Å². The number of nitrogens with zero attached hydrogens (tertiary/aromatic N) is 1. The van der Waals surface area contributed by atoms with Crippen molar-refractivity contribution in [3.8, 4) is 0 Å². The van der Waals surface area contributed by atoms with E-state index in [2.05, 4.69) is 5.32 Å². The van der Waals surface area contributed by atoms with Crippen molar-refractivity contribution in [2.24, 2.45) is 0 Å². The summed E-state index contributed by atoms with van der Waals surface area (Å²) >= 11 is 0. The monoisotopic (exact) mass is 278 g/mol. The Hall–Kier alpha value is -1.88. The highest BCUT2D eigenvalue weighted by Gasteiger charge is 2.17. The molecule has 1 rings (SSSR count). The Labute approximate surface area is 119 Å². The van der Waals surface area contributed by atoms with Gasteiger partial charge in [-0.3, -0.25) is 9.59 Å². The maximum absolute atomic E-state index is 11.8. The largest absolute Gasteiger partial charge is 0.396 e. The summed E-state index contributed by atoms with van der Waals surface area (Å²) in [5.41, 5.74) is 0.985. The fourth-order valence-corrected chi connectivity index (χ4v) is 1.79. The summed E-state index contributed by atoms with van der Waals surface area (Å²) in [6.45, 7) is 1.04. The molecule has 0 saturated heterocycles. The van der Waals surface area contributed by atoms with Crippen LogP contribution in [0.3, 0.4) is 0 Å². The van der Waals surface area contributed by atoms with Gasteiger partial charge in [-0.2, -0.15) is 0 Å². The van der Waals surface area contributed by atoms with Crippen LogP contribution in [0.15, 0.2) is 30.3 Å². The number of carbonyl (C=O) groups excluding carboxylic acids is 2. The number of nitrogens with one attached hydrogen (secondary N) is 1. The van der Waals surface area contributed by atoms with Gasteiger partial charge in [0.2, 0.25) is 0 Å². The van der Waals surface area contributed by atoms with E-state index in [1.807, 2.05) is 30.3 Å². The van der Waals surface area contributed by atoms with Crippen LogP contribution in [-0.2, 0) is 16.1 Å². The maximum Gasteiger partial charge on any atom is 0.311 e. The zero-order valence-corrected chi connectivity index (χ0v) is 11.8. The molecule has 0 heterocycles.